The third-order valence-corrected chi connectivity index (χ3v) is 4.20. The van der Waals surface area contributed by atoms with E-state index in [4.69, 9.17) is 9.84 Å². The van der Waals surface area contributed by atoms with Gasteiger partial charge in [-0.15, -0.1) is 0 Å². The molecule has 25 heavy (non-hydrogen) atoms. The van der Waals surface area contributed by atoms with Crippen molar-refractivity contribution in [2.75, 3.05) is 26.2 Å². The average molecular weight is 348 g/mol. The summed E-state index contributed by atoms with van der Waals surface area (Å²) >= 11 is 0. The predicted molar refractivity (Wildman–Crippen MR) is 96.1 cm³/mol. The Kier molecular flexibility index (Phi) is 6.42. The Morgan fingerprint density at radius 3 is 2.80 bits per heavy atom. The zero-order valence-corrected chi connectivity index (χ0v) is 15.2. The van der Waals surface area contributed by atoms with Gasteiger partial charge in [0.2, 0.25) is 0 Å². The van der Waals surface area contributed by atoms with Gasteiger partial charge in [-0.2, -0.15) is 0 Å². The Bertz CT molecular complexity index is 610. The third-order valence-electron chi connectivity index (χ3n) is 4.20. The lowest BCUT2D eigenvalue weighted by molar-refractivity contribution is 0.0525. The summed E-state index contributed by atoms with van der Waals surface area (Å²) in [7, 11) is 0. The maximum absolute atomic E-state index is 11.6. The van der Waals surface area contributed by atoms with Crippen LogP contribution in [0.3, 0.4) is 0 Å². The Labute approximate surface area is 149 Å². The number of ether oxygens (including phenoxy) is 1. The van der Waals surface area contributed by atoms with Crippen LogP contribution in [0.25, 0.3) is 0 Å². The summed E-state index contributed by atoms with van der Waals surface area (Å²) in [6.45, 7) is 8.95. The van der Waals surface area contributed by atoms with Crippen LogP contribution in [-0.2, 0) is 4.74 Å². The molecule has 0 bridgehead atoms. The van der Waals surface area contributed by atoms with Gasteiger partial charge < -0.3 is 20.1 Å². The number of carboxylic acids is 1. The number of likely N-dealkylation sites (tertiary alicyclic amines) is 1. The van der Waals surface area contributed by atoms with Gasteiger partial charge in [-0.25, -0.2) is 9.59 Å². The molecule has 1 aliphatic heterocycles. The van der Waals surface area contributed by atoms with Crippen molar-refractivity contribution in [1.82, 2.24) is 10.2 Å². The highest BCUT2D eigenvalue weighted by molar-refractivity contribution is 5.87. The number of hydrogen-bond acceptors (Lipinski definition) is 4. The number of amides is 1. The number of nitrogens with one attached hydrogen (secondary N) is 1. The standard InChI is InChI=1S/C19H28N2O4/c1-19(2,3)25-18(24)20-9-5-10-21-11-8-16(13-21)14-6-4-7-15(12-14)17(22)23/h4,6-7,12,16H,5,8-11,13H2,1-3H3,(H,20,24)(H,22,23). The highest BCUT2D eigenvalue weighted by Crippen LogP contribution is 2.27. The fourth-order valence-electron chi connectivity index (χ4n) is 3.04. The number of rotatable bonds is 6. The second-order valence-corrected chi connectivity index (χ2v) is 7.50. The number of alkyl carbamates (subject to hydrolysis) is 1. The summed E-state index contributed by atoms with van der Waals surface area (Å²) in [5.74, 6) is -0.511. The molecule has 1 aromatic rings. The Hall–Kier alpha value is -2.08. The van der Waals surface area contributed by atoms with Crippen LogP contribution in [0.2, 0.25) is 0 Å². The van der Waals surface area contributed by atoms with Gasteiger partial charge in [-0.1, -0.05) is 12.1 Å². The van der Waals surface area contributed by atoms with Crippen LogP contribution < -0.4 is 5.32 Å². The highest BCUT2D eigenvalue weighted by atomic mass is 16.6. The van der Waals surface area contributed by atoms with E-state index in [0.29, 0.717) is 18.0 Å². The van der Waals surface area contributed by atoms with Gasteiger partial charge in [0.15, 0.2) is 0 Å². The first-order valence-electron chi connectivity index (χ1n) is 8.77. The van der Waals surface area contributed by atoms with E-state index in [1.807, 2.05) is 32.9 Å². The minimum atomic E-state index is -0.884. The lowest BCUT2D eigenvalue weighted by Crippen LogP contribution is -2.34. The van der Waals surface area contributed by atoms with E-state index in [2.05, 4.69) is 10.2 Å². The van der Waals surface area contributed by atoms with Gasteiger partial charge >= 0.3 is 12.1 Å². The molecule has 1 saturated heterocycles. The average Bonchev–Trinajstić information content (AvgIpc) is 2.99. The first-order valence-corrected chi connectivity index (χ1v) is 8.77. The third kappa shape index (κ3) is 6.38. The number of benzene rings is 1. The molecule has 1 aliphatic rings. The Morgan fingerprint density at radius 2 is 2.12 bits per heavy atom. The number of carbonyl (C=O) groups excluding carboxylic acids is 1. The molecule has 6 nitrogen and oxygen atoms in total. The molecule has 1 aromatic carbocycles. The lowest BCUT2D eigenvalue weighted by atomic mass is 9.97. The molecule has 1 heterocycles. The van der Waals surface area contributed by atoms with Crippen molar-refractivity contribution < 1.29 is 19.4 Å². The number of aromatic carboxylic acids is 1. The van der Waals surface area contributed by atoms with Gasteiger partial charge in [0, 0.05) is 13.1 Å². The van der Waals surface area contributed by atoms with E-state index in [0.717, 1.165) is 38.0 Å². The summed E-state index contributed by atoms with van der Waals surface area (Å²) < 4.78 is 5.20. The van der Waals surface area contributed by atoms with Crippen LogP contribution in [0.4, 0.5) is 4.79 Å². The minimum Gasteiger partial charge on any atom is -0.478 e. The van der Waals surface area contributed by atoms with Crippen molar-refractivity contribution in [2.24, 2.45) is 0 Å². The fraction of sp³-hybridized carbons (Fsp3) is 0.579. The van der Waals surface area contributed by atoms with E-state index >= 15 is 0 Å². The van der Waals surface area contributed by atoms with Crippen LogP contribution in [-0.4, -0.2) is 53.8 Å². The predicted octanol–water partition coefficient (Wildman–Crippen LogP) is 3.09. The normalized spacial score (nSPS) is 18.1. The molecule has 2 rings (SSSR count). The molecule has 0 aliphatic carbocycles. The molecule has 1 unspecified atom stereocenters. The molecule has 0 aromatic heterocycles. The topological polar surface area (TPSA) is 78.9 Å². The summed E-state index contributed by atoms with van der Waals surface area (Å²) in [6, 6.07) is 7.22. The molecule has 1 fully saturated rings. The molecule has 1 atom stereocenters. The number of carboxylic acid groups (broad SMARTS) is 1. The zero-order valence-electron chi connectivity index (χ0n) is 15.2. The van der Waals surface area contributed by atoms with E-state index in [1.165, 1.54) is 0 Å². The molecule has 6 heteroatoms. The zero-order chi connectivity index (χ0) is 18.4. The molecule has 1 amide bonds. The molecule has 0 saturated carbocycles. The van der Waals surface area contributed by atoms with Gasteiger partial charge in [-0.3, -0.25) is 0 Å². The van der Waals surface area contributed by atoms with E-state index in [9.17, 15) is 9.59 Å². The Balaban J connectivity index is 1.72. The molecule has 2 N–H and O–H groups in total. The van der Waals surface area contributed by atoms with Gasteiger partial charge in [0.25, 0.3) is 0 Å². The van der Waals surface area contributed by atoms with Gasteiger partial charge in [0.05, 0.1) is 5.56 Å². The monoisotopic (exact) mass is 348 g/mol. The first-order chi connectivity index (χ1) is 11.7. The number of hydrogen-bond donors (Lipinski definition) is 2. The van der Waals surface area contributed by atoms with Gasteiger partial charge in [-0.05, 0) is 70.3 Å². The molecular weight excluding hydrogens is 320 g/mol. The summed E-state index contributed by atoms with van der Waals surface area (Å²) in [5, 5.41) is 11.9. The summed E-state index contributed by atoms with van der Waals surface area (Å²) in [5.41, 5.74) is 0.961. The SMILES string of the molecule is CC(C)(C)OC(=O)NCCCN1CCC(c2cccc(C(=O)O)c2)C1. The second-order valence-electron chi connectivity index (χ2n) is 7.50. The smallest absolute Gasteiger partial charge is 0.407 e. The maximum atomic E-state index is 11.6. The largest absolute Gasteiger partial charge is 0.478 e. The van der Waals surface area contributed by atoms with Crippen molar-refractivity contribution in [2.45, 2.75) is 45.1 Å². The van der Waals surface area contributed by atoms with E-state index < -0.39 is 11.6 Å². The number of carbonyl (C=O) groups is 2. The molecular formula is C19H28N2O4. The summed E-state index contributed by atoms with van der Waals surface area (Å²) in [6.07, 6.45) is 1.52. The Morgan fingerprint density at radius 1 is 1.36 bits per heavy atom. The van der Waals surface area contributed by atoms with Crippen LogP contribution >= 0.6 is 0 Å². The quantitative estimate of drug-likeness (QED) is 0.773. The van der Waals surface area contributed by atoms with Crippen LogP contribution in [0.1, 0.15) is 55.5 Å². The summed E-state index contributed by atoms with van der Waals surface area (Å²) in [4.78, 5) is 25.0. The van der Waals surface area contributed by atoms with Crippen molar-refractivity contribution in [1.29, 1.82) is 0 Å². The fourth-order valence-corrected chi connectivity index (χ4v) is 3.04. The van der Waals surface area contributed by atoms with Crippen molar-refractivity contribution in [3.05, 3.63) is 35.4 Å². The second kappa shape index (κ2) is 8.34. The lowest BCUT2D eigenvalue weighted by Gasteiger charge is -2.20. The van der Waals surface area contributed by atoms with E-state index in [1.54, 1.807) is 12.1 Å². The minimum absolute atomic E-state index is 0.345. The number of nitrogens with zero attached hydrogens (tertiary/aromatic N) is 1. The maximum Gasteiger partial charge on any atom is 0.407 e. The van der Waals surface area contributed by atoms with Crippen LogP contribution in [0.5, 0.6) is 0 Å². The first kappa shape index (κ1) is 19.2. The van der Waals surface area contributed by atoms with Crippen LogP contribution in [0, 0.1) is 0 Å². The molecule has 0 radical (unpaired) electrons. The molecule has 0 spiro atoms. The van der Waals surface area contributed by atoms with Crippen molar-refractivity contribution >= 4 is 12.1 Å². The van der Waals surface area contributed by atoms with Crippen molar-refractivity contribution in [3.63, 3.8) is 0 Å². The van der Waals surface area contributed by atoms with Gasteiger partial charge in [0.1, 0.15) is 5.60 Å². The van der Waals surface area contributed by atoms with E-state index in [-0.39, 0.29) is 6.09 Å². The van der Waals surface area contributed by atoms with Crippen molar-refractivity contribution in [3.8, 4) is 0 Å². The molecule has 138 valence electrons. The highest BCUT2D eigenvalue weighted by Gasteiger charge is 2.24. The van der Waals surface area contributed by atoms with Crippen LogP contribution in [0.15, 0.2) is 24.3 Å².